The molecule has 0 N–H and O–H groups in total. The lowest BCUT2D eigenvalue weighted by Crippen LogP contribution is -2.46. The third-order valence-corrected chi connectivity index (χ3v) is 6.91. The van der Waals surface area contributed by atoms with Crippen molar-refractivity contribution in [3.63, 3.8) is 0 Å². The number of amides is 1. The number of hydrogen-bond acceptors (Lipinski definition) is 5. The van der Waals surface area contributed by atoms with Crippen LogP contribution >= 0.6 is 11.3 Å². The molecule has 4 rings (SSSR count). The minimum absolute atomic E-state index is 0.0248. The highest BCUT2D eigenvalue weighted by Crippen LogP contribution is 2.40. The topological polar surface area (TPSA) is 54.3 Å². The molecular formula is C20H29N5OS. The van der Waals surface area contributed by atoms with Crippen LogP contribution in [0.25, 0.3) is 0 Å². The van der Waals surface area contributed by atoms with Crippen molar-refractivity contribution in [2.75, 3.05) is 13.1 Å². The molecule has 27 heavy (non-hydrogen) atoms. The number of rotatable bonds is 5. The lowest BCUT2D eigenvalue weighted by atomic mass is 9.87. The maximum Gasteiger partial charge on any atom is 0.223 e. The summed E-state index contributed by atoms with van der Waals surface area (Å²) in [5.41, 5.74) is 2.35. The number of aromatic nitrogens is 3. The summed E-state index contributed by atoms with van der Waals surface area (Å²) in [6, 6.07) is 0. The predicted octanol–water partition coefficient (Wildman–Crippen LogP) is 3.22. The van der Waals surface area contributed by atoms with Gasteiger partial charge in [0.1, 0.15) is 0 Å². The van der Waals surface area contributed by atoms with Crippen molar-refractivity contribution >= 4 is 17.2 Å². The van der Waals surface area contributed by atoms with Crippen molar-refractivity contribution in [3.05, 3.63) is 34.0 Å². The van der Waals surface area contributed by atoms with E-state index in [4.69, 9.17) is 0 Å². The van der Waals surface area contributed by atoms with Gasteiger partial charge in [-0.15, -0.1) is 11.3 Å². The van der Waals surface area contributed by atoms with Crippen LogP contribution in [0.1, 0.15) is 55.3 Å². The Bertz CT molecular complexity index is 800. The summed E-state index contributed by atoms with van der Waals surface area (Å²) in [4.78, 5) is 21.9. The third-order valence-electron chi connectivity index (χ3n) is 6.09. The van der Waals surface area contributed by atoms with Crippen LogP contribution in [-0.4, -0.2) is 49.1 Å². The Hall–Kier alpha value is -1.73. The predicted molar refractivity (Wildman–Crippen MR) is 106 cm³/mol. The molecule has 146 valence electrons. The van der Waals surface area contributed by atoms with Gasteiger partial charge in [0, 0.05) is 48.7 Å². The summed E-state index contributed by atoms with van der Waals surface area (Å²) in [6.45, 7) is 8.81. The molecular weight excluding hydrogens is 358 g/mol. The zero-order chi connectivity index (χ0) is 18.9. The minimum Gasteiger partial charge on any atom is -0.331 e. The molecule has 0 bridgehead atoms. The molecule has 2 aliphatic rings. The summed E-state index contributed by atoms with van der Waals surface area (Å²) in [6.07, 6.45) is 9.12. The SMILES string of the molecule is CCn1cc(CN2CCC[C@]3(CCC(=O)N3Cc3csc(C)n3)CC2)cn1. The first-order valence-corrected chi connectivity index (χ1v) is 10.9. The van der Waals surface area contributed by atoms with E-state index in [1.54, 1.807) is 11.3 Å². The van der Waals surface area contributed by atoms with Crippen molar-refractivity contribution in [3.8, 4) is 0 Å². The summed E-state index contributed by atoms with van der Waals surface area (Å²) in [7, 11) is 0. The second-order valence-electron chi connectivity index (χ2n) is 7.90. The maximum absolute atomic E-state index is 12.7. The lowest BCUT2D eigenvalue weighted by Gasteiger charge is -2.38. The quantitative estimate of drug-likeness (QED) is 0.790. The monoisotopic (exact) mass is 387 g/mol. The Morgan fingerprint density at radius 3 is 2.85 bits per heavy atom. The zero-order valence-corrected chi connectivity index (χ0v) is 17.2. The van der Waals surface area contributed by atoms with Gasteiger partial charge in [0.15, 0.2) is 0 Å². The normalized spacial score (nSPS) is 24.1. The molecule has 2 aliphatic heterocycles. The van der Waals surface area contributed by atoms with E-state index >= 15 is 0 Å². The molecule has 6 nitrogen and oxygen atoms in total. The van der Waals surface area contributed by atoms with Gasteiger partial charge in [-0.2, -0.15) is 5.10 Å². The summed E-state index contributed by atoms with van der Waals surface area (Å²) in [5.74, 6) is 0.304. The van der Waals surface area contributed by atoms with Crippen molar-refractivity contribution in [2.24, 2.45) is 0 Å². The van der Waals surface area contributed by atoms with Gasteiger partial charge < -0.3 is 4.90 Å². The van der Waals surface area contributed by atoms with Crippen LogP contribution in [0, 0.1) is 6.92 Å². The standard InChI is InChI=1S/C20H29N5OS/c1-3-24-13-17(11-21-24)12-23-9-4-6-20(8-10-23)7-5-19(26)25(20)14-18-15-27-16(2)22-18/h11,13,15H,3-10,12,14H2,1-2H3/t20-/m0/s1. The first-order valence-electron chi connectivity index (χ1n) is 10.0. The van der Waals surface area contributed by atoms with Crippen LogP contribution in [0.4, 0.5) is 0 Å². The van der Waals surface area contributed by atoms with Crippen molar-refractivity contribution in [1.82, 2.24) is 24.6 Å². The van der Waals surface area contributed by atoms with Gasteiger partial charge in [-0.05, 0) is 46.1 Å². The number of carbonyl (C=O) groups is 1. The number of aryl methyl sites for hydroxylation is 2. The lowest BCUT2D eigenvalue weighted by molar-refractivity contribution is -0.132. The number of likely N-dealkylation sites (tertiary alicyclic amines) is 2. The highest BCUT2D eigenvalue weighted by atomic mass is 32.1. The van der Waals surface area contributed by atoms with E-state index in [0.29, 0.717) is 18.9 Å². The van der Waals surface area contributed by atoms with E-state index in [1.807, 2.05) is 17.8 Å². The van der Waals surface area contributed by atoms with E-state index in [9.17, 15) is 4.79 Å². The molecule has 0 unspecified atom stereocenters. The summed E-state index contributed by atoms with van der Waals surface area (Å²) >= 11 is 1.67. The second-order valence-corrected chi connectivity index (χ2v) is 8.96. The molecule has 0 saturated carbocycles. The fourth-order valence-electron chi connectivity index (χ4n) is 4.60. The molecule has 2 aromatic rings. The smallest absolute Gasteiger partial charge is 0.223 e. The van der Waals surface area contributed by atoms with E-state index in [0.717, 1.165) is 62.6 Å². The van der Waals surface area contributed by atoms with Gasteiger partial charge in [-0.25, -0.2) is 4.98 Å². The summed E-state index contributed by atoms with van der Waals surface area (Å²) in [5, 5.41) is 7.57. The minimum atomic E-state index is 0.0248. The van der Waals surface area contributed by atoms with Crippen LogP contribution in [0.2, 0.25) is 0 Å². The van der Waals surface area contributed by atoms with Crippen molar-refractivity contribution in [1.29, 1.82) is 0 Å². The van der Waals surface area contributed by atoms with Crippen LogP contribution in [-0.2, 0) is 24.4 Å². The van der Waals surface area contributed by atoms with Gasteiger partial charge in [0.05, 0.1) is 23.4 Å². The molecule has 2 fully saturated rings. The third kappa shape index (κ3) is 3.94. The number of carbonyl (C=O) groups excluding carboxylic acids is 1. The first-order chi connectivity index (χ1) is 13.1. The molecule has 1 amide bonds. The zero-order valence-electron chi connectivity index (χ0n) is 16.4. The Morgan fingerprint density at radius 2 is 2.11 bits per heavy atom. The molecule has 0 aromatic carbocycles. The highest BCUT2D eigenvalue weighted by Gasteiger charge is 2.45. The van der Waals surface area contributed by atoms with E-state index in [-0.39, 0.29) is 5.54 Å². The number of nitrogens with zero attached hydrogens (tertiary/aromatic N) is 5. The van der Waals surface area contributed by atoms with Crippen molar-refractivity contribution < 1.29 is 4.79 Å². The van der Waals surface area contributed by atoms with Gasteiger partial charge in [-0.1, -0.05) is 0 Å². The largest absolute Gasteiger partial charge is 0.331 e. The first kappa shape index (κ1) is 18.6. The average molecular weight is 388 g/mol. The molecule has 0 radical (unpaired) electrons. The Morgan fingerprint density at radius 1 is 1.22 bits per heavy atom. The van der Waals surface area contributed by atoms with Crippen LogP contribution < -0.4 is 0 Å². The fourth-order valence-corrected chi connectivity index (χ4v) is 5.21. The molecule has 4 heterocycles. The molecule has 7 heteroatoms. The van der Waals surface area contributed by atoms with Crippen molar-refractivity contribution in [2.45, 2.75) is 71.1 Å². The van der Waals surface area contributed by atoms with E-state index in [1.165, 1.54) is 5.56 Å². The molecule has 1 atom stereocenters. The Balaban J connectivity index is 1.44. The average Bonchev–Trinajstić information content (AvgIpc) is 3.31. The van der Waals surface area contributed by atoms with Gasteiger partial charge in [0.25, 0.3) is 0 Å². The number of hydrogen-bond donors (Lipinski definition) is 0. The number of thiazole rings is 1. The molecule has 0 aliphatic carbocycles. The maximum atomic E-state index is 12.7. The van der Waals surface area contributed by atoms with Crippen LogP contribution in [0.3, 0.4) is 0 Å². The molecule has 2 saturated heterocycles. The van der Waals surface area contributed by atoms with Gasteiger partial charge in [0.2, 0.25) is 5.91 Å². The Labute approximate surface area is 165 Å². The summed E-state index contributed by atoms with van der Waals surface area (Å²) < 4.78 is 1.99. The second kappa shape index (κ2) is 7.72. The Kier molecular flexibility index (Phi) is 5.32. The molecule has 1 spiro atoms. The molecule has 2 aromatic heterocycles. The van der Waals surface area contributed by atoms with E-state index in [2.05, 4.69) is 38.4 Å². The van der Waals surface area contributed by atoms with Gasteiger partial charge in [-0.3, -0.25) is 14.4 Å². The van der Waals surface area contributed by atoms with E-state index < -0.39 is 0 Å². The highest BCUT2D eigenvalue weighted by molar-refractivity contribution is 7.09. The fraction of sp³-hybridized carbons (Fsp3) is 0.650. The van der Waals surface area contributed by atoms with Crippen LogP contribution in [0.5, 0.6) is 0 Å². The van der Waals surface area contributed by atoms with Gasteiger partial charge >= 0.3 is 0 Å². The van der Waals surface area contributed by atoms with Crippen LogP contribution in [0.15, 0.2) is 17.8 Å².